The van der Waals surface area contributed by atoms with E-state index in [1.54, 1.807) is 0 Å². The molecule has 4 heteroatoms. The summed E-state index contributed by atoms with van der Waals surface area (Å²) in [4.78, 5) is 13.0. The van der Waals surface area contributed by atoms with Crippen LogP contribution in [0, 0.1) is 0 Å². The topological polar surface area (TPSA) is 38.3 Å². The highest BCUT2D eigenvalue weighted by Gasteiger charge is 2.31. The zero-order chi connectivity index (χ0) is 13.2. The molecular formula is C15H18BrNO2. The van der Waals surface area contributed by atoms with Gasteiger partial charge in [-0.3, -0.25) is 4.79 Å². The molecule has 0 radical (unpaired) electrons. The highest BCUT2D eigenvalue weighted by molar-refractivity contribution is 9.09. The van der Waals surface area contributed by atoms with Gasteiger partial charge < -0.3 is 10.1 Å². The van der Waals surface area contributed by atoms with Crippen LogP contribution in [0.25, 0.3) is 0 Å². The van der Waals surface area contributed by atoms with Crippen molar-refractivity contribution in [3.63, 3.8) is 0 Å². The van der Waals surface area contributed by atoms with Crippen LogP contribution in [-0.4, -0.2) is 23.4 Å². The number of fused-ring (bicyclic) bond motifs is 1. The van der Waals surface area contributed by atoms with E-state index < -0.39 is 0 Å². The van der Waals surface area contributed by atoms with Crippen molar-refractivity contribution in [3.05, 3.63) is 29.8 Å². The van der Waals surface area contributed by atoms with Crippen molar-refractivity contribution in [2.45, 2.75) is 42.5 Å². The lowest BCUT2D eigenvalue weighted by Gasteiger charge is -2.27. The summed E-state index contributed by atoms with van der Waals surface area (Å²) in [5.74, 6) is 0.827. The minimum atomic E-state index is -0.141. The summed E-state index contributed by atoms with van der Waals surface area (Å²) in [5.41, 5.74) is 1.02. The van der Waals surface area contributed by atoms with Crippen LogP contribution in [-0.2, 0) is 4.79 Å². The van der Waals surface area contributed by atoms with Crippen molar-refractivity contribution in [2.75, 3.05) is 6.61 Å². The second kappa shape index (κ2) is 5.53. The molecule has 1 fully saturated rings. The van der Waals surface area contributed by atoms with Gasteiger partial charge in [0.15, 0.2) is 0 Å². The van der Waals surface area contributed by atoms with Crippen LogP contribution in [0.15, 0.2) is 24.3 Å². The first-order valence-electron chi connectivity index (χ1n) is 6.90. The third-order valence-corrected chi connectivity index (χ3v) is 4.94. The van der Waals surface area contributed by atoms with Crippen LogP contribution in [0.5, 0.6) is 5.75 Å². The van der Waals surface area contributed by atoms with E-state index in [1.807, 2.05) is 24.3 Å². The number of halogens is 1. The molecule has 1 unspecified atom stereocenters. The maximum atomic E-state index is 12.4. The largest absolute Gasteiger partial charge is 0.492 e. The molecule has 1 aromatic rings. The Bertz CT molecular complexity index is 469. The molecule has 1 aliphatic heterocycles. The van der Waals surface area contributed by atoms with Gasteiger partial charge in [-0.25, -0.2) is 0 Å². The Kier molecular flexibility index (Phi) is 3.78. The minimum Gasteiger partial charge on any atom is -0.492 e. The fraction of sp³-hybridized carbons (Fsp3) is 0.533. The second-order valence-electron chi connectivity index (χ2n) is 5.36. The average Bonchev–Trinajstić information content (AvgIpc) is 2.85. The summed E-state index contributed by atoms with van der Waals surface area (Å²) < 4.78 is 5.57. The molecule has 0 aromatic heterocycles. The van der Waals surface area contributed by atoms with Gasteiger partial charge in [-0.2, -0.15) is 0 Å². The normalized spacial score (nSPS) is 29.4. The zero-order valence-electron chi connectivity index (χ0n) is 10.8. The first-order valence-corrected chi connectivity index (χ1v) is 7.82. The average molecular weight is 324 g/mol. The van der Waals surface area contributed by atoms with Gasteiger partial charge >= 0.3 is 0 Å². The monoisotopic (exact) mass is 323 g/mol. The number of rotatable bonds is 2. The second-order valence-corrected chi connectivity index (χ2v) is 6.65. The first kappa shape index (κ1) is 13.0. The maximum absolute atomic E-state index is 12.4. The summed E-state index contributed by atoms with van der Waals surface area (Å²) in [6, 6.07) is 8.15. The Labute approximate surface area is 121 Å². The quantitative estimate of drug-likeness (QED) is 0.850. The van der Waals surface area contributed by atoms with Crippen LogP contribution in [0.3, 0.4) is 0 Å². The number of nitrogens with one attached hydrogen (secondary N) is 1. The highest BCUT2D eigenvalue weighted by Crippen LogP contribution is 2.34. The highest BCUT2D eigenvalue weighted by atomic mass is 79.9. The molecule has 3 nitrogen and oxygen atoms in total. The third kappa shape index (κ3) is 2.78. The van der Waals surface area contributed by atoms with Gasteiger partial charge in [-0.1, -0.05) is 34.1 Å². The molecule has 19 heavy (non-hydrogen) atoms. The van der Waals surface area contributed by atoms with Gasteiger partial charge in [0.25, 0.3) is 0 Å². The Hall–Kier alpha value is -1.03. The van der Waals surface area contributed by atoms with E-state index >= 15 is 0 Å². The summed E-state index contributed by atoms with van der Waals surface area (Å²) in [6.45, 7) is 0.471. The summed E-state index contributed by atoms with van der Waals surface area (Å²) in [5, 5.41) is 3.18. The first-order chi connectivity index (χ1) is 9.24. The smallest absolute Gasteiger partial charge is 0.231 e. The lowest BCUT2D eigenvalue weighted by atomic mass is 9.94. The van der Waals surface area contributed by atoms with E-state index in [2.05, 4.69) is 21.2 Å². The van der Waals surface area contributed by atoms with E-state index in [0.29, 0.717) is 17.5 Å². The van der Waals surface area contributed by atoms with Gasteiger partial charge in [0.2, 0.25) is 5.91 Å². The van der Waals surface area contributed by atoms with Gasteiger partial charge in [0, 0.05) is 16.4 Å². The van der Waals surface area contributed by atoms with E-state index in [1.165, 1.54) is 0 Å². The summed E-state index contributed by atoms with van der Waals surface area (Å²) in [6.07, 6.45) is 4.42. The van der Waals surface area contributed by atoms with Crippen LogP contribution in [0.1, 0.15) is 37.2 Å². The van der Waals surface area contributed by atoms with Gasteiger partial charge in [0.1, 0.15) is 18.3 Å². The lowest BCUT2D eigenvalue weighted by Crippen LogP contribution is -2.40. The number of alkyl halides is 1. The number of ether oxygens (including phenoxy) is 1. The molecule has 1 atom stereocenters. The SMILES string of the molecule is O=C(NC1CCC(Br)CC1)C1COc2ccccc21. The Morgan fingerprint density at radius 3 is 2.74 bits per heavy atom. The van der Waals surface area contributed by atoms with Crippen molar-refractivity contribution in [2.24, 2.45) is 0 Å². The Morgan fingerprint density at radius 2 is 1.95 bits per heavy atom. The molecule has 1 N–H and O–H groups in total. The van der Waals surface area contributed by atoms with Gasteiger partial charge in [-0.05, 0) is 31.7 Å². The Balaban J connectivity index is 1.63. The molecule has 102 valence electrons. The van der Waals surface area contributed by atoms with Crippen molar-refractivity contribution in [1.29, 1.82) is 0 Å². The number of carbonyl (C=O) groups excluding carboxylic acids is 1. The molecule has 1 heterocycles. The maximum Gasteiger partial charge on any atom is 0.231 e. The predicted molar refractivity (Wildman–Crippen MR) is 77.8 cm³/mol. The van der Waals surface area contributed by atoms with Gasteiger partial charge in [0.05, 0.1) is 0 Å². The molecule has 1 aliphatic carbocycles. The standard InChI is InChI=1S/C15H18BrNO2/c16-10-5-7-11(8-6-10)17-15(18)13-9-19-14-4-2-1-3-12(13)14/h1-4,10-11,13H,5-9H2,(H,17,18). The molecule has 3 rings (SSSR count). The molecule has 0 bridgehead atoms. The van der Waals surface area contributed by atoms with Crippen molar-refractivity contribution >= 4 is 21.8 Å². The Morgan fingerprint density at radius 1 is 1.21 bits per heavy atom. The molecule has 1 saturated carbocycles. The van der Waals surface area contributed by atoms with Gasteiger partial charge in [-0.15, -0.1) is 0 Å². The van der Waals surface area contributed by atoms with E-state index in [0.717, 1.165) is 37.0 Å². The van der Waals surface area contributed by atoms with E-state index in [9.17, 15) is 4.79 Å². The van der Waals surface area contributed by atoms with Crippen LogP contribution in [0.4, 0.5) is 0 Å². The molecule has 1 aromatic carbocycles. The fourth-order valence-corrected chi connectivity index (χ4v) is 3.41. The van der Waals surface area contributed by atoms with Crippen molar-refractivity contribution in [3.8, 4) is 5.75 Å². The number of hydrogen-bond donors (Lipinski definition) is 1. The number of hydrogen-bond acceptors (Lipinski definition) is 2. The molecular weight excluding hydrogens is 306 g/mol. The van der Waals surface area contributed by atoms with Crippen molar-refractivity contribution < 1.29 is 9.53 Å². The number of amides is 1. The lowest BCUT2D eigenvalue weighted by molar-refractivity contribution is -0.123. The summed E-state index contributed by atoms with van der Waals surface area (Å²) in [7, 11) is 0. The molecule has 0 spiro atoms. The number of para-hydroxylation sites is 1. The fourth-order valence-electron chi connectivity index (χ4n) is 2.88. The van der Waals surface area contributed by atoms with Crippen molar-refractivity contribution in [1.82, 2.24) is 5.32 Å². The third-order valence-electron chi connectivity index (χ3n) is 4.02. The van der Waals surface area contributed by atoms with Crippen LogP contribution >= 0.6 is 15.9 Å². The van der Waals surface area contributed by atoms with E-state index in [4.69, 9.17) is 4.74 Å². The number of benzene rings is 1. The number of carbonyl (C=O) groups is 1. The van der Waals surface area contributed by atoms with Crippen LogP contribution in [0.2, 0.25) is 0 Å². The summed E-state index contributed by atoms with van der Waals surface area (Å²) >= 11 is 3.64. The van der Waals surface area contributed by atoms with Crippen LogP contribution < -0.4 is 10.1 Å². The molecule has 1 amide bonds. The predicted octanol–water partition coefficient (Wildman–Crippen LogP) is 2.98. The minimum absolute atomic E-state index is 0.114. The molecule has 2 aliphatic rings. The van der Waals surface area contributed by atoms with E-state index in [-0.39, 0.29) is 11.8 Å². The molecule has 0 saturated heterocycles. The zero-order valence-corrected chi connectivity index (χ0v) is 12.4.